The fourth-order valence-corrected chi connectivity index (χ4v) is 10.7. The molecule has 5 nitrogen and oxygen atoms in total. The second kappa shape index (κ2) is 15.1. The number of benzene rings is 10. The van der Waals surface area contributed by atoms with Crippen LogP contribution in [0.15, 0.2) is 224 Å². The van der Waals surface area contributed by atoms with Gasteiger partial charge < -0.3 is 13.7 Å². The number of hydrogen-bond donors (Lipinski definition) is 0. The summed E-state index contributed by atoms with van der Waals surface area (Å²) in [4.78, 5) is 0. The van der Waals surface area contributed by atoms with Gasteiger partial charge in [0.15, 0.2) is 0 Å². The number of nitrogens with zero attached hydrogens (tertiary/aromatic N) is 5. The van der Waals surface area contributed by atoms with Crippen molar-refractivity contribution in [3.05, 3.63) is 236 Å². The summed E-state index contributed by atoms with van der Waals surface area (Å²) in [5.74, 6) is 0. The molecule has 13 rings (SSSR count). The van der Waals surface area contributed by atoms with Crippen LogP contribution in [0, 0.1) is 22.7 Å². The van der Waals surface area contributed by atoms with Crippen LogP contribution in [-0.2, 0) is 0 Å². The van der Waals surface area contributed by atoms with Gasteiger partial charge in [-0.15, -0.1) is 0 Å². The third-order valence-corrected chi connectivity index (χ3v) is 13.4. The van der Waals surface area contributed by atoms with E-state index in [1.807, 2.05) is 24.3 Å². The lowest BCUT2D eigenvalue weighted by Crippen LogP contribution is -2.00. The van der Waals surface area contributed by atoms with Gasteiger partial charge in [-0.1, -0.05) is 140 Å². The van der Waals surface area contributed by atoms with Crippen molar-refractivity contribution in [3.63, 3.8) is 0 Å². The lowest BCUT2D eigenvalue weighted by molar-refractivity contribution is 1.17. The molecule has 0 aliphatic heterocycles. The molecule has 0 N–H and O–H groups in total. The number of fused-ring (bicyclic) bond motifs is 10. The second-order valence-corrected chi connectivity index (χ2v) is 17.1. The van der Waals surface area contributed by atoms with Crippen molar-refractivity contribution in [1.29, 1.82) is 10.5 Å². The summed E-state index contributed by atoms with van der Waals surface area (Å²) in [6.45, 7) is 0. The summed E-state index contributed by atoms with van der Waals surface area (Å²) in [5.41, 5.74) is 16.6. The quantitative estimate of drug-likeness (QED) is 0.167. The fraction of sp³-hybridized carbons (Fsp3) is 0. The smallest absolute Gasteiger partial charge is 0.0992 e. The lowest BCUT2D eigenvalue weighted by Gasteiger charge is -2.21. The molecule has 0 saturated heterocycles. The van der Waals surface area contributed by atoms with Crippen molar-refractivity contribution in [3.8, 4) is 62.6 Å². The minimum Gasteiger partial charge on any atom is -0.309 e. The zero-order chi connectivity index (χ0) is 44.6. The molecule has 5 heteroatoms. The van der Waals surface area contributed by atoms with Gasteiger partial charge in [0.05, 0.1) is 56.4 Å². The molecule has 0 saturated carbocycles. The predicted molar refractivity (Wildman–Crippen MR) is 275 cm³/mol. The Bertz CT molecular complexity index is 4070. The first-order chi connectivity index (χ1) is 33.2. The molecule has 0 unspecified atom stereocenters. The number of hydrogen-bond acceptors (Lipinski definition) is 2. The zero-order valence-corrected chi connectivity index (χ0v) is 36.1. The zero-order valence-electron chi connectivity index (χ0n) is 36.1. The van der Waals surface area contributed by atoms with Crippen LogP contribution in [0.5, 0.6) is 0 Å². The van der Waals surface area contributed by atoms with Crippen LogP contribution in [0.2, 0.25) is 0 Å². The van der Waals surface area contributed by atoms with Crippen LogP contribution < -0.4 is 0 Å². The van der Waals surface area contributed by atoms with Gasteiger partial charge in [0, 0.05) is 49.4 Å². The largest absolute Gasteiger partial charge is 0.309 e. The van der Waals surface area contributed by atoms with Crippen molar-refractivity contribution < 1.29 is 0 Å². The third kappa shape index (κ3) is 5.86. The van der Waals surface area contributed by atoms with E-state index in [9.17, 15) is 10.5 Å². The van der Waals surface area contributed by atoms with E-state index >= 15 is 0 Å². The highest BCUT2D eigenvalue weighted by atomic mass is 15.0. The van der Waals surface area contributed by atoms with E-state index in [4.69, 9.17) is 0 Å². The number of para-hydroxylation sites is 4. The van der Waals surface area contributed by atoms with E-state index in [1.54, 1.807) is 6.07 Å². The van der Waals surface area contributed by atoms with Gasteiger partial charge in [-0.25, -0.2) is 0 Å². The molecular formula is C62H37N5. The summed E-state index contributed by atoms with van der Waals surface area (Å²) >= 11 is 0. The maximum Gasteiger partial charge on any atom is 0.0992 e. The van der Waals surface area contributed by atoms with Gasteiger partial charge in [-0.3, -0.25) is 0 Å². The molecule has 10 aromatic carbocycles. The molecule has 0 bridgehead atoms. The van der Waals surface area contributed by atoms with Crippen LogP contribution in [0.3, 0.4) is 0 Å². The van der Waals surface area contributed by atoms with E-state index in [-0.39, 0.29) is 0 Å². The number of rotatable bonds is 6. The average Bonchev–Trinajstić information content (AvgIpc) is 4.04. The Morgan fingerprint density at radius 3 is 1.36 bits per heavy atom. The molecule has 3 aromatic heterocycles. The minimum atomic E-state index is 0.440. The van der Waals surface area contributed by atoms with Crippen molar-refractivity contribution >= 4 is 65.4 Å². The Labute approximate surface area is 386 Å². The topological polar surface area (TPSA) is 62.4 Å². The van der Waals surface area contributed by atoms with Gasteiger partial charge in [-0.05, 0) is 118 Å². The molecule has 3 heterocycles. The van der Waals surface area contributed by atoms with E-state index in [2.05, 4.69) is 220 Å². The van der Waals surface area contributed by atoms with Crippen LogP contribution in [0.4, 0.5) is 0 Å². The standard InChI is InChI=1S/C62H37N5/c63-38-40-32-41(39-64)34-44(33-40)60-52(42-16-4-1-5-17-42)36-47(37-53(60)43-18-6-2-7-19-43)67-58-30-28-46(66-55-25-13-10-22-48(55)49-23-11-14-26-56(49)66)35-54(58)50-29-31-59-61(62(50)67)51-24-12-15-27-57(51)65(59)45-20-8-3-9-21-45/h1-37H. The summed E-state index contributed by atoms with van der Waals surface area (Å²) in [6.07, 6.45) is 0. The van der Waals surface area contributed by atoms with Gasteiger partial charge >= 0.3 is 0 Å². The van der Waals surface area contributed by atoms with Crippen LogP contribution >= 0.6 is 0 Å². The first-order valence-electron chi connectivity index (χ1n) is 22.5. The van der Waals surface area contributed by atoms with Crippen molar-refractivity contribution in [2.75, 3.05) is 0 Å². The summed E-state index contributed by atoms with van der Waals surface area (Å²) in [6, 6.07) is 83.9. The van der Waals surface area contributed by atoms with E-state index in [0.717, 1.165) is 94.3 Å². The first-order valence-corrected chi connectivity index (χ1v) is 22.5. The van der Waals surface area contributed by atoms with Crippen LogP contribution in [0.1, 0.15) is 11.1 Å². The molecule has 0 radical (unpaired) electrons. The van der Waals surface area contributed by atoms with E-state index in [1.165, 1.54) is 21.5 Å². The van der Waals surface area contributed by atoms with Crippen molar-refractivity contribution in [2.24, 2.45) is 0 Å². The van der Waals surface area contributed by atoms with Crippen LogP contribution in [0.25, 0.3) is 116 Å². The highest BCUT2D eigenvalue weighted by Crippen LogP contribution is 2.47. The summed E-state index contributed by atoms with van der Waals surface area (Å²) in [7, 11) is 0. The molecular weight excluding hydrogens is 815 g/mol. The second-order valence-electron chi connectivity index (χ2n) is 17.1. The highest BCUT2D eigenvalue weighted by Gasteiger charge is 2.25. The third-order valence-electron chi connectivity index (χ3n) is 13.4. The summed E-state index contributed by atoms with van der Waals surface area (Å²) in [5, 5.41) is 27.5. The summed E-state index contributed by atoms with van der Waals surface area (Å²) < 4.78 is 7.26. The Morgan fingerprint density at radius 2 is 0.776 bits per heavy atom. The number of nitriles is 2. The molecule has 0 atom stereocenters. The molecule has 0 amide bonds. The Morgan fingerprint density at radius 1 is 0.299 bits per heavy atom. The monoisotopic (exact) mass is 851 g/mol. The molecule has 0 fully saturated rings. The normalized spacial score (nSPS) is 11.6. The van der Waals surface area contributed by atoms with E-state index < -0.39 is 0 Å². The van der Waals surface area contributed by atoms with Gasteiger partial charge in [0.1, 0.15) is 0 Å². The molecule has 0 aliphatic carbocycles. The Hall–Kier alpha value is -9.42. The van der Waals surface area contributed by atoms with E-state index in [0.29, 0.717) is 11.1 Å². The minimum absolute atomic E-state index is 0.440. The van der Waals surface area contributed by atoms with Gasteiger partial charge in [0.2, 0.25) is 0 Å². The first kappa shape index (κ1) is 38.1. The predicted octanol–water partition coefficient (Wildman–Crippen LogP) is 15.7. The number of aromatic nitrogens is 3. The molecule has 0 aliphatic rings. The molecule has 310 valence electrons. The van der Waals surface area contributed by atoms with Crippen molar-refractivity contribution in [1.82, 2.24) is 13.7 Å². The van der Waals surface area contributed by atoms with Gasteiger partial charge in [-0.2, -0.15) is 10.5 Å². The highest BCUT2D eigenvalue weighted by molar-refractivity contribution is 6.26. The molecule has 13 aromatic rings. The maximum absolute atomic E-state index is 10.2. The SMILES string of the molecule is N#Cc1cc(C#N)cc(-c2c(-c3ccccc3)cc(-n3c4ccc(-n5c6ccccc6c6ccccc65)cc4c4ccc5c(c6ccccc6n5-c5ccccc5)c43)cc2-c2ccccc2)c1. The average molecular weight is 852 g/mol. The molecule has 67 heavy (non-hydrogen) atoms. The van der Waals surface area contributed by atoms with Crippen molar-refractivity contribution in [2.45, 2.75) is 0 Å². The Balaban J connectivity index is 1.21. The van der Waals surface area contributed by atoms with Gasteiger partial charge in [0.25, 0.3) is 0 Å². The maximum atomic E-state index is 10.2. The lowest BCUT2D eigenvalue weighted by atomic mass is 9.86. The molecule has 0 spiro atoms. The Kier molecular flexibility index (Phi) is 8.58. The fourth-order valence-electron chi connectivity index (χ4n) is 10.7. The van der Waals surface area contributed by atoms with Crippen LogP contribution in [-0.4, -0.2) is 13.7 Å².